The van der Waals surface area contributed by atoms with Crippen LogP contribution in [0.4, 0.5) is 0 Å². The van der Waals surface area contributed by atoms with Gasteiger partial charge in [-0.1, -0.05) is 29.8 Å². The van der Waals surface area contributed by atoms with Crippen LogP contribution in [-0.2, 0) is 13.0 Å². The first-order chi connectivity index (χ1) is 14.1. The van der Waals surface area contributed by atoms with Gasteiger partial charge in [-0.05, 0) is 68.7 Å². The average Bonchev–Trinajstić information content (AvgIpc) is 3.30. The van der Waals surface area contributed by atoms with Crippen LogP contribution in [0.5, 0.6) is 11.5 Å². The first kappa shape index (κ1) is 20.5. The molecule has 1 fully saturated rings. The van der Waals surface area contributed by atoms with Crippen LogP contribution in [0.2, 0.25) is 5.02 Å². The molecule has 5 heteroatoms. The van der Waals surface area contributed by atoms with E-state index in [1.165, 1.54) is 16.7 Å². The summed E-state index contributed by atoms with van der Waals surface area (Å²) in [6.07, 6.45) is 4.68. The van der Waals surface area contributed by atoms with Gasteiger partial charge in [-0.25, -0.2) is 0 Å². The van der Waals surface area contributed by atoms with Crippen molar-refractivity contribution in [2.75, 3.05) is 6.61 Å². The average molecular weight is 416 g/mol. The highest BCUT2D eigenvalue weighted by molar-refractivity contribution is 6.32. The molecule has 156 valence electrons. The van der Waals surface area contributed by atoms with Crippen molar-refractivity contribution in [3.05, 3.63) is 57.6 Å². The van der Waals surface area contributed by atoms with Crippen molar-refractivity contribution in [1.29, 1.82) is 0 Å². The Labute approximate surface area is 178 Å². The number of fused-ring (bicyclic) bond motifs is 1. The number of aliphatic hydroxyl groups excluding tert-OH is 1. The summed E-state index contributed by atoms with van der Waals surface area (Å²) in [4.78, 5) is 0. The second-order valence-electron chi connectivity index (χ2n) is 8.10. The lowest BCUT2D eigenvalue weighted by Crippen LogP contribution is -2.35. The SMILES string of the molecule is CCOc1cc(O[C@H]2CCc3c(C)cccc32)c(Cl)cc1CN[C@@H]1CCC[C@@H]1O. The van der Waals surface area contributed by atoms with Crippen LogP contribution in [0.25, 0.3) is 0 Å². The standard InChI is InChI=1S/C24H30ClNO3/c1-3-28-23-13-24(29-22-11-10-17-15(2)6-4-7-18(17)22)19(25)12-16(23)14-26-20-8-5-9-21(20)27/h4,6-7,12-13,20-22,26-27H,3,5,8-11,14H2,1-2H3/t20-,21+,22+/m1/s1. The number of rotatable bonds is 7. The van der Waals surface area contributed by atoms with E-state index in [0.717, 1.165) is 43.4 Å². The Hall–Kier alpha value is -1.75. The molecule has 0 saturated heterocycles. The van der Waals surface area contributed by atoms with Crippen LogP contribution in [0.3, 0.4) is 0 Å². The molecular formula is C24H30ClNO3. The Morgan fingerprint density at radius 3 is 2.79 bits per heavy atom. The van der Waals surface area contributed by atoms with Crippen molar-refractivity contribution in [3.63, 3.8) is 0 Å². The van der Waals surface area contributed by atoms with Gasteiger partial charge in [-0.2, -0.15) is 0 Å². The first-order valence-corrected chi connectivity index (χ1v) is 11.1. The van der Waals surface area contributed by atoms with E-state index in [-0.39, 0.29) is 18.2 Å². The fraction of sp³-hybridized carbons (Fsp3) is 0.500. The smallest absolute Gasteiger partial charge is 0.142 e. The monoisotopic (exact) mass is 415 g/mol. The molecular weight excluding hydrogens is 386 g/mol. The number of hydrogen-bond donors (Lipinski definition) is 2. The number of aryl methyl sites for hydroxylation is 1. The van der Waals surface area contributed by atoms with Crippen molar-refractivity contribution in [1.82, 2.24) is 5.32 Å². The molecule has 4 nitrogen and oxygen atoms in total. The van der Waals surface area contributed by atoms with Gasteiger partial charge < -0.3 is 19.9 Å². The highest BCUT2D eigenvalue weighted by Gasteiger charge is 2.27. The van der Waals surface area contributed by atoms with Gasteiger partial charge in [-0.15, -0.1) is 0 Å². The van der Waals surface area contributed by atoms with E-state index in [1.54, 1.807) is 0 Å². The third-order valence-electron chi connectivity index (χ3n) is 6.17. The summed E-state index contributed by atoms with van der Waals surface area (Å²) in [6.45, 7) is 5.32. The van der Waals surface area contributed by atoms with E-state index in [0.29, 0.717) is 23.9 Å². The Bertz CT molecular complexity index is 869. The quantitative estimate of drug-likeness (QED) is 0.659. The molecule has 2 aliphatic carbocycles. The maximum absolute atomic E-state index is 10.1. The molecule has 0 bridgehead atoms. The fourth-order valence-corrected chi connectivity index (χ4v) is 4.82. The number of halogens is 1. The van der Waals surface area contributed by atoms with E-state index in [4.69, 9.17) is 21.1 Å². The summed E-state index contributed by atoms with van der Waals surface area (Å²) < 4.78 is 12.2. The van der Waals surface area contributed by atoms with Crippen LogP contribution in [0.1, 0.15) is 61.0 Å². The van der Waals surface area contributed by atoms with E-state index >= 15 is 0 Å². The molecule has 4 rings (SSSR count). The lowest BCUT2D eigenvalue weighted by Gasteiger charge is -2.21. The summed E-state index contributed by atoms with van der Waals surface area (Å²) >= 11 is 6.60. The van der Waals surface area contributed by atoms with Crippen molar-refractivity contribution in [3.8, 4) is 11.5 Å². The van der Waals surface area contributed by atoms with Gasteiger partial charge in [0.15, 0.2) is 0 Å². The van der Waals surface area contributed by atoms with E-state index in [1.807, 2.05) is 19.1 Å². The topological polar surface area (TPSA) is 50.7 Å². The zero-order chi connectivity index (χ0) is 20.4. The Kier molecular flexibility index (Phi) is 6.33. The molecule has 2 aromatic carbocycles. The number of hydrogen-bond acceptors (Lipinski definition) is 4. The van der Waals surface area contributed by atoms with Crippen molar-refractivity contribution in [2.45, 2.75) is 70.7 Å². The minimum Gasteiger partial charge on any atom is -0.493 e. The van der Waals surface area contributed by atoms with Gasteiger partial charge >= 0.3 is 0 Å². The zero-order valence-electron chi connectivity index (χ0n) is 17.2. The summed E-state index contributed by atoms with van der Waals surface area (Å²) in [5, 5.41) is 14.1. The molecule has 0 heterocycles. The molecule has 29 heavy (non-hydrogen) atoms. The van der Waals surface area contributed by atoms with Crippen LogP contribution in [0, 0.1) is 6.92 Å². The molecule has 3 atom stereocenters. The maximum atomic E-state index is 10.1. The molecule has 0 unspecified atom stereocenters. The number of benzene rings is 2. The largest absolute Gasteiger partial charge is 0.493 e. The van der Waals surface area contributed by atoms with Gasteiger partial charge in [0, 0.05) is 24.2 Å². The summed E-state index contributed by atoms with van der Waals surface area (Å²) in [5.41, 5.74) is 4.98. The Balaban J connectivity index is 1.53. The van der Waals surface area contributed by atoms with Gasteiger partial charge in [0.25, 0.3) is 0 Å². The third-order valence-corrected chi connectivity index (χ3v) is 6.46. The normalized spacial score (nSPS) is 23.2. The predicted octanol–water partition coefficient (Wildman–Crippen LogP) is 5.12. The second kappa shape index (κ2) is 8.95. The highest BCUT2D eigenvalue weighted by Crippen LogP contribution is 2.40. The van der Waals surface area contributed by atoms with E-state index in [9.17, 15) is 5.11 Å². The summed E-state index contributed by atoms with van der Waals surface area (Å²) in [6, 6.07) is 10.4. The molecule has 2 aliphatic rings. The lowest BCUT2D eigenvalue weighted by molar-refractivity contribution is 0.148. The van der Waals surface area contributed by atoms with Gasteiger partial charge in [0.2, 0.25) is 0 Å². The second-order valence-corrected chi connectivity index (χ2v) is 8.50. The van der Waals surface area contributed by atoms with Gasteiger partial charge in [-0.3, -0.25) is 0 Å². The fourth-order valence-electron chi connectivity index (χ4n) is 4.59. The first-order valence-electron chi connectivity index (χ1n) is 10.7. The summed E-state index contributed by atoms with van der Waals surface area (Å²) in [5.74, 6) is 1.45. The van der Waals surface area contributed by atoms with Crippen LogP contribution in [0.15, 0.2) is 30.3 Å². The molecule has 0 amide bonds. The van der Waals surface area contributed by atoms with Crippen LogP contribution < -0.4 is 14.8 Å². The van der Waals surface area contributed by atoms with Crippen LogP contribution in [-0.4, -0.2) is 23.9 Å². The molecule has 2 N–H and O–H groups in total. The van der Waals surface area contributed by atoms with Crippen LogP contribution >= 0.6 is 11.6 Å². The lowest BCUT2D eigenvalue weighted by atomic mass is 10.0. The Morgan fingerprint density at radius 2 is 2.03 bits per heavy atom. The number of nitrogens with one attached hydrogen (secondary N) is 1. The van der Waals surface area contributed by atoms with Crippen molar-refractivity contribution >= 4 is 11.6 Å². The highest BCUT2D eigenvalue weighted by atomic mass is 35.5. The van der Waals surface area contributed by atoms with Gasteiger partial charge in [0.1, 0.15) is 17.6 Å². The minimum absolute atomic E-state index is 0.0227. The minimum atomic E-state index is -0.269. The van der Waals surface area contributed by atoms with Crippen molar-refractivity contribution in [2.24, 2.45) is 0 Å². The molecule has 0 aliphatic heterocycles. The van der Waals surface area contributed by atoms with E-state index in [2.05, 4.69) is 30.4 Å². The number of aliphatic hydroxyl groups is 1. The molecule has 0 radical (unpaired) electrons. The molecule has 0 aromatic heterocycles. The summed E-state index contributed by atoms with van der Waals surface area (Å²) in [7, 11) is 0. The third kappa shape index (κ3) is 4.40. The molecule has 2 aromatic rings. The molecule has 1 saturated carbocycles. The zero-order valence-corrected chi connectivity index (χ0v) is 18.0. The maximum Gasteiger partial charge on any atom is 0.142 e. The molecule has 0 spiro atoms. The number of ether oxygens (including phenoxy) is 2. The Morgan fingerprint density at radius 1 is 1.17 bits per heavy atom. The van der Waals surface area contributed by atoms with Gasteiger partial charge in [0.05, 0.1) is 17.7 Å². The predicted molar refractivity (Wildman–Crippen MR) is 116 cm³/mol. The van der Waals surface area contributed by atoms with Crippen molar-refractivity contribution < 1.29 is 14.6 Å². The van der Waals surface area contributed by atoms with E-state index < -0.39 is 0 Å².